The van der Waals surface area contributed by atoms with Crippen molar-refractivity contribution in [3.05, 3.63) is 53.6 Å². The fourth-order valence-electron chi connectivity index (χ4n) is 2.78. The van der Waals surface area contributed by atoms with Crippen LogP contribution in [0, 0.1) is 0 Å². The molecule has 6 heteroatoms. The average molecular weight is 414 g/mol. The molecule has 1 amide bonds. The van der Waals surface area contributed by atoms with Crippen LogP contribution in [0.4, 0.5) is 5.69 Å². The minimum absolute atomic E-state index is 0.299. The van der Waals surface area contributed by atoms with E-state index in [0.29, 0.717) is 41.9 Å². The quantitative estimate of drug-likeness (QED) is 0.514. The summed E-state index contributed by atoms with van der Waals surface area (Å²) in [6.45, 7) is 8.79. The normalized spacial score (nSPS) is 11.5. The van der Waals surface area contributed by atoms with Gasteiger partial charge in [0.05, 0.1) is 18.8 Å². The molecule has 6 nitrogen and oxygen atoms in total. The summed E-state index contributed by atoms with van der Waals surface area (Å²) in [6.07, 6.45) is 1.92. The number of carbonyl (C=O) groups excluding carboxylic acids is 2. The third-order valence-electron chi connectivity index (χ3n) is 4.65. The molecule has 1 N–H and O–H groups in total. The Kier molecular flexibility index (Phi) is 9.19. The van der Waals surface area contributed by atoms with Crippen LogP contribution < -0.4 is 14.8 Å². The van der Waals surface area contributed by atoms with Crippen molar-refractivity contribution in [2.75, 3.05) is 25.1 Å². The number of esters is 1. The van der Waals surface area contributed by atoms with Gasteiger partial charge >= 0.3 is 5.97 Å². The van der Waals surface area contributed by atoms with Crippen molar-refractivity contribution in [2.24, 2.45) is 0 Å². The van der Waals surface area contributed by atoms with Crippen LogP contribution in [0.25, 0.3) is 0 Å². The Bertz CT molecular complexity index is 832. The van der Waals surface area contributed by atoms with E-state index in [4.69, 9.17) is 14.2 Å². The van der Waals surface area contributed by atoms with Gasteiger partial charge < -0.3 is 19.5 Å². The van der Waals surface area contributed by atoms with E-state index in [1.54, 1.807) is 18.2 Å². The summed E-state index contributed by atoms with van der Waals surface area (Å²) in [5, 5.41) is 2.74. The van der Waals surface area contributed by atoms with Crippen molar-refractivity contribution in [3.63, 3.8) is 0 Å². The highest BCUT2D eigenvalue weighted by Gasteiger charge is 2.14. The minimum atomic E-state index is -0.597. The SMILES string of the molecule is CCCOc1ccc(C(=O)OCC(=O)Nc2ccc([C@H](C)CC)cc2)cc1OCC. The van der Waals surface area contributed by atoms with E-state index in [-0.39, 0.29) is 6.61 Å². The van der Waals surface area contributed by atoms with Crippen LogP contribution in [0.3, 0.4) is 0 Å². The number of rotatable bonds is 11. The number of hydrogen-bond acceptors (Lipinski definition) is 5. The topological polar surface area (TPSA) is 73.9 Å². The number of hydrogen-bond donors (Lipinski definition) is 1. The van der Waals surface area contributed by atoms with Crippen molar-refractivity contribution in [1.82, 2.24) is 0 Å². The van der Waals surface area contributed by atoms with E-state index in [1.165, 1.54) is 5.56 Å². The lowest BCUT2D eigenvalue weighted by Gasteiger charge is -2.13. The number of nitrogens with one attached hydrogen (secondary N) is 1. The smallest absolute Gasteiger partial charge is 0.338 e. The van der Waals surface area contributed by atoms with E-state index >= 15 is 0 Å². The Morgan fingerprint density at radius 3 is 2.33 bits per heavy atom. The van der Waals surface area contributed by atoms with Gasteiger partial charge in [0.25, 0.3) is 5.91 Å². The Hall–Kier alpha value is -3.02. The second-order valence-corrected chi connectivity index (χ2v) is 7.00. The van der Waals surface area contributed by atoms with Crippen LogP contribution in [-0.4, -0.2) is 31.7 Å². The molecule has 0 unspecified atom stereocenters. The molecule has 0 bridgehead atoms. The van der Waals surface area contributed by atoms with Crippen molar-refractivity contribution < 1.29 is 23.8 Å². The summed E-state index contributed by atoms with van der Waals surface area (Å²) >= 11 is 0. The van der Waals surface area contributed by atoms with Crippen molar-refractivity contribution in [2.45, 2.75) is 46.5 Å². The largest absolute Gasteiger partial charge is 0.490 e. The first kappa shape index (κ1) is 23.3. The molecular formula is C24H31NO5. The maximum atomic E-state index is 12.3. The maximum absolute atomic E-state index is 12.3. The maximum Gasteiger partial charge on any atom is 0.338 e. The number of benzene rings is 2. The van der Waals surface area contributed by atoms with Gasteiger partial charge in [-0.3, -0.25) is 4.79 Å². The van der Waals surface area contributed by atoms with E-state index in [9.17, 15) is 9.59 Å². The summed E-state index contributed by atoms with van der Waals surface area (Å²) in [6, 6.07) is 12.5. The number of ether oxygens (including phenoxy) is 3. The summed E-state index contributed by atoms with van der Waals surface area (Å²) in [4.78, 5) is 24.5. The molecule has 0 aliphatic carbocycles. The molecule has 0 aromatic heterocycles. The van der Waals surface area contributed by atoms with Crippen LogP contribution in [0.2, 0.25) is 0 Å². The molecule has 0 aliphatic rings. The number of carbonyl (C=O) groups is 2. The lowest BCUT2D eigenvalue weighted by atomic mass is 9.99. The zero-order valence-corrected chi connectivity index (χ0v) is 18.2. The zero-order chi connectivity index (χ0) is 21.9. The molecule has 30 heavy (non-hydrogen) atoms. The third kappa shape index (κ3) is 6.79. The Balaban J connectivity index is 1.92. The van der Waals surface area contributed by atoms with Gasteiger partial charge in [-0.15, -0.1) is 0 Å². The predicted molar refractivity (Wildman–Crippen MR) is 117 cm³/mol. The molecular weight excluding hydrogens is 382 g/mol. The molecule has 2 aromatic rings. The minimum Gasteiger partial charge on any atom is -0.490 e. The van der Waals surface area contributed by atoms with E-state index in [1.807, 2.05) is 38.1 Å². The molecule has 0 spiro atoms. The van der Waals surface area contributed by atoms with Gasteiger partial charge in [-0.1, -0.05) is 32.9 Å². The molecule has 0 aliphatic heterocycles. The van der Waals surface area contributed by atoms with E-state index < -0.39 is 11.9 Å². The molecule has 0 radical (unpaired) electrons. The lowest BCUT2D eigenvalue weighted by Crippen LogP contribution is -2.21. The van der Waals surface area contributed by atoms with Gasteiger partial charge in [-0.25, -0.2) is 4.79 Å². The van der Waals surface area contributed by atoms with Gasteiger partial charge in [0, 0.05) is 5.69 Å². The third-order valence-corrected chi connectivity index (χ3v) is 4.65. The van der Waals surface area contributed by atoms with Crippen molar-refractivity contribution in [1.29, 1.82) is 0 Å². The van der Waals surface area contributed by atoms with E-state index in [2.05, 4.69) is 19.2 Å². The molecule has 1 atom stereocenters. The van der Waals surface area contributed by atoms with Crippen LogP contribution in [-0.2, 0) is 9.53 Å². The van der Waals surface area contributed by atoms with Crippen LogP contribution in [0.15, 0.2) is 42.5 Å². The van der Waals surface area contributed by atoms with Crippen molar-refractivity contribution >= 4 is 17.6 Å². The van der Waals surface area contributed by atoms with Crippen LogP contribution in [0.5, 0.6) is 11.5 Å². The number of amides is 1. The van der Waals surface area contributed by atoms with Gasteiger partial charge in [-0.05, 0) is 61.6 Å². The monoisotopic (exact) mass is 413 g/mol. The molecule has 2 aromatic carbocycles. The molecule has 0 fully saturated rings. The fourth-order valence-corrected chi connectivity index (χ4v) is 2.78. The first-order chi connectivity index (χ1) is 14.5. The molecule has 0 heterocycles. The standard InChI is InChI=1S/C24H31NO5/c1-5-14-29-21-13-10-19(15-22(21)28-7-3)24(27)30-16-23(26)25-20-11-8-18(9-12-20)17(4)6-2/h8-13,15,17H,5-7,14,16H2,1-4H3,(H,25,26)/t17-/m1/s1. The first-order valence-electron chi connectivity index (χ1n) is 10.4. The highest BCUT2D eigenvalue weighted by atomic mass is 16.5. The zero-order valence-electron chi connectivity index (χ0n) is 18.2. The summed E-state index contributed by atoms with van der Waals surface area (Å²) in [7, 11) is 0. The van der Waals surface area contributed by atoms with Crippen LogP contribution in [0.1, 0.15) is 62.4 Å². The highest BCUT2D eigenvalue weighted by Crippen LogP contribution is 2.29. The average Bonchev–Trinajstić information content (AvgIpc) is 2.76. The van der Waals surface area contributed by atoms with Gasteiger partial charge in [0.15, 0.2) is 18.1 Å². The highest BCUT2D eigenvalue weighted by molar-refractivity contribution is 5.95. The predicted octanol–water partition coefficient (Wildman–Crippen LogP) is 5.18. The summed E-state index contributed by atoms with van der Waals surface area (Å²) in [5.74, 6) is 0.531. The summed E-state index contributed by atoms with van der Waals surface area (Å²) < 4.78 is 16.3. The van der Waals surface area contributed by atoms with Crippen molar-refractivity contribution in [3.8, 4) is 11.5 Å². The fraction of sp³-hybridized carbons (Fsp3) is 0.417. The number of anilines is 1. The molecule has 2 rings (SSSR count). The van der Waals surface area contributed by atoms with Gasteiger partial charge in [0.2, 0.25) is 0 Å². The van der Waals surface area contributed by atoms with Gasteiger partial charge in [-0.2, -0.15) is 0 Å². The van der Waals surface area contributed by atoms with Gasteiger partial charge in [0.1, 0.15) is 0 Å². The molecule has 162 valence electrons. The lowest BCUT2D eigenvalue weighted by molar-refractivity contribution is -0.119. The Morgan fingerprint density at radius 1 is 0.967 bits per heavy atom. The Labute approximate surface area is 178 Å². The summed E-state index contributed by atoms with van der Waals surface area (Å²) in [5.41, 5.74) is 2.19. The first-order valence-corrected chi connectivity index (χ1v) is 10.4. The van der Waals surface area contributed by atoms with Crippen LogP contribution >= 0.6 is 0 Å². The second-order valence-electron chi connectivity index (χ2n) is 7.00. The second kappa shape index (κ2) is 11.9. The van der Waals surface area contributed by atoms with E-state index in [0.717, 1.165) is 12.8 Å². The molecule has 0 saturated heterocycles. The molecule has 0 saturated carbocycles. The Morgan fingerprint density at radius 2 is 1.70 bits per heavy atom.